The zero-order chi connectivity index (χ0) is 13.8. The molecule has 1 atom stereocenters. The molecule has 0 bridgehead atoms. The lowest BCUT2D eigenvalue weighted by Crippen LogP contribution is -2.18. The molecule has 4 heteroatoms. The summed E-state index contributed by atoms with van der Waals surface area (Å²) in [5, 5.41) is 13.1. The van der Waals surface area contributed by atoms with Crippen LogP contribution in [0.25, 0.3) is 0 Å². The molecule has 0 aliphatic heterocycles. The molecule has 0 fully saturated rings. The van der Waals surface area contributed by atoms with Crippen LogP contribution in [-0.2, 0) is 6.54 Å². The molecule has 0 spiro atoms. The van der Waals surface area contributed by atoms with Gasteiger partial charge < -0.3 is 10.4 Å². The zero-order valence-electron chi connectivity index (χ0n) is 10.5. The van der Waals surface area contributed by atoms with Crippen LogP contribution in [0.4, 0.5) is 4.39 Å². The number of phenolic OH excluding ortho intramolecular Hbond substituents is 1. The molecule has 0 aromatic heterocycles. The first kappa shape index (κ1) is 13.8. The van der Waals surface area contributed by atoms with Crippen molar-refractivity contribution in [3.8, 4) is 5.75 Å². The first-order chi connectivity index (χ1) is 9.08. The summed E-state index contributed by atoms with van der Waals surface area (Å²) in [5.41, 5.74) is 1.78. The molecule has 2 nitrogen and oxygen atoms in total. The van der Waals surface area contributed by atoms with Gasteiger partial charge in [-0.2, -0.15) is 0 Å². The topological polar surface area (TPSA) is 32.3 Å². The number of hydrogen-bond acceptors (Lipinski definition) is 2. The van der Waals surface area contributed by atoms with Crippen molar-refractivity contribution in [2.45, 2.75) is 19.5 Å². The van der Waals surface area contributed by atoms with Gasteiger partial charge in [-0.25, -0.2) is 4.39 Å². The Balaban J connectivity index is 2.02. The highest BCUT2D eigenvalue weighted by molar-refractivity contribution is 6.31. The average Bonchev–Trinajstić information content (AvgIpc) is 2.40. The highest BCUT2D eigenvalue weighted by atomic mass is 35.5. The van der Waals surface area contributed by atoms with Crippen LogP contribution in [0.15, 0.2) is 42.5 Å². The number of phenols is 1. The lowest BCUT2D eigenvalue weighted by Gasteiger charge is -2.15. The molecule has 2 rings (SSSR count). The second kappa shape index (κ2) is 6.04. The van der Waals surface area contributed by atoms with Crippen LogP contribution in [-0.4, -0.2) is 5.11 Å². The van der Waals surface area contributed by atoms with E-state index in [0.29, 0.717) is 11.6 Å². The van der Waals surface area contributed by atoms with Gasteiger partial charge in [0.1, 0.15) is 0 Å². The second-order valence-electron chi connectivity index (χ2n) is 4.41. The van der Waals surface area contributed by atoms with Gasteiger partial charge in [-0.3, -0.25) is 0 Å². The van der Waals surface area contributed by atoms with Crippen LogP contribution in [0.3, 0.4) is 0 Å². The van der Waals surface area contributed by atoms with Gasteiger partial charge >= 0.3 is 0 Å². The minimum absolute atomic E-state index is 0.0607. The standard InChI is InChI=1S/C15H15ClFNO/c1-10(12-4-2-3-5-13(12)16)18-9-11-6-7-15(19)14(17)8-11/h2-8,10,18-19H,9H2,1H3. The lowest BCUT2D eigenvalue weighted by molar-refractivity contribution is 0.431. The summed E-state index contributed by atoms with van der Waals surface area (Å²) in [4.78, 5) is 0. The fourth-order valence-corrected chi connectivity index (χ4v) is 2.17. The second-order valence-corrected chi connectivity index (χ2v) is 4.82. The van der Waals surface area contributed by atoms with E-state index < -0.39 is 5.82 Å². The van der Waals surface area contributed by atoms with Crippen LogP contribution in [0.1, 0.15) is 24.1 Å². The van der Waals surface area contributed by atoms with Crippen LogP contribution in [0.5, 0.6) is 5.75 Å². The summed E-state index contributed by atoms with van der Waals surface area (Å²) in [6.07, 6.45) is 0. The maximum absolute atomic E-state index is 13.2. The van der Waals surface area contributed by atoms with Crippen LogP contribution in [0, 0.1) is 5.82 Å². The first-order valence-corrected chi connectivity index (χ1v) is 6.41. The van der Waals surface area contributed by atoms with Gasteiger partial charge in [0, 0.05) is 17.6 Å². The van der Waals surface area contributed by atoms with E-state index in [4.69, 9.17) is 16.7 Å². The van der Waals surface area contributed by atoms with Crippen molar-refractivity contribution >= 4 is 11.6 Å². The Labute approximate surface area is 116 Å². The van der Waals surface area contributed by atoms with E-state index in [1.165, 1.54) is 12.1 Å². The van der Waals surface area contributed by atoms with E-state index in [-0.39, 0.29) is 11.8 Å². The van der Waals surface area contributed by atoms with Gasteiger partial charge in [0.15, 0.2) is 11.6 Å². The molecule has 0 aliphatic rings. The van der Waals surface area contributed by atoms with E-state index in [1.54, 1.807) is 6.07 Å². The fourth-order valence-electron chi connectivity index (χ4n) is 1.87. The van der Waals surface area contributed by atoms with Crippen molar-refractivity contribution < 1.29 is 9.50 Å². The van der Waals surface area contributed by atoms with Crippen molar-refractivity contribution in [3.63, 3.8) is 0 Å². The Kier molecular flexibility index (Phi) is 4.40. The molecular formula is C15H15ClFNO. The molecule has 0 heterocycles. The van der Waals surface area contributed by atoms with E-state index in [2.05, 4.69) is 5.32 Å². The highest BCUT2D eigenvalue weighted by Gasteiger charge is 2.09. The van der Waals surface area contributed by atoms with Crippen molar-refractivity contribution in [3.05, 3.63) is 64.4 Å². The minimum Gasteiger partial charge on any atom is -0.505 e. The predicted octanol–water partition coefficient (Wildman–Crippen LogP) is 4.04. The minimum atomic E-state index is -0.607. The van der Waals surface area contributed by atoms with Crippen molar-refractivity contribution in [2.24, 2.45) is 0 Å². The third kappa shape index (κ3) is 3.46. The fraction of sp³-hybridized carbons (Fsp3) is 0.200. The molecule has 0 saturated carbocycles. The van der Waals surface area contributed by atoms with Gasteiger partial charge in [0.2, 0.25) is 0 Å². The molecule has 2 aromatic rings. The van der Waals surface area contributed by atoms with E-state index >= 15 is 0 Å². The van der Waals surface area contributed by atoms with Crippen LogP contribution < -0.4 is 5.32 Å². The Morgan fingerprint density at radius 2 is 2.00 bits per heavy atom. The molecule has 1 unspecified atom stereocenters. The molecule has 2 N–H and O–H groups in total. The molecule has 0 radical (unpaired) electrons. The smallest absolute Gasteiger partial charge is 0.165 e. The zero-order valence-corrected chi connectivity index (χ0v) is 11.3. The third-order valence-electron chi connectivity index (χ3n) is 3.00. The number of aromatic hydroxyl groups is 1. The van der Waals surface area contributed by atoms with Gasteiger partial charge in [-0.1, -0.05) is 35.9 Å². The summed E-state index contributed by atoms with van der Waals surface area (Å²) in [5.74, 6) is -0.937. The average molecular weight is 280 g/mol. The van der Waals surface area contributed by atoms with Crippen LogP contribution >= 0.6 is 11.6 Å². The number of hydrogen-bond donors (Lipinski definition) is 2. The predicted molar refractivity (Wildman–Crippen MR) is 74.8 cm³/mol. The molecule has 2 aromatic carbocycles. The van der Waals surface area contributed by atoms with E-state index in [9.17, 15) is 4.39 Å². The SMILES string of the molecule is CC(NCc1ccc(O)c(F)c1)c1ccccc1Cl. The maximum Gasteiger partial charge on any atom is 0.165 e. The van der Waals surface area contributed by atoms with Crippen molar-refractivity contribution in [2.75, 3.05) is 0 Å². The normalized spacial score (nSPS) is 12.4. The highest BCUT2D eigenvalue weighted by Crippen LogP contribution is 2.23. The summed E-state index contributed by atoms with van der Waals surface area (Å²) in [6, 6.07) is 12.0. The third-order valence-corrected chi connectivity index (χ3v) is 3.34. The van der Waals surface area contributed by atoms with Gasteiger partial charge in [0.05, 0.1) is 0 Å². The quantitative estimate of drug-likeness (QED) is 0.885. The molecule has 100 valence electrons. The molecular weight excluding hydrogens is 265 g/mol. The van der Waals surface area contributed by atoms with E-state index in [0.717, 1.165) is 11.1 Å². The Morgan fingerprint density at radius 3 is 2.68 bits per heavy atom. The summed E-state index contributed by atoms with van der Waals surface area (Å²) >= 11 is 6.11. The monoisotopic (exact) mass is 279 g/mol. The molecule has 0 aliphatic carbocycles. The Hall–Kier alpha value is -1.58. The van der Waals surface area contributed by atoms with Crippen molar-refractivity contribution in [1.82, 2.24) is 5.32 Å². The molecule has 19 heavy (non-hydrogen) atoms. The molecule has 0 amide bonds. The number of rotatable bonds is 4. The largest absolute Gasteiger partial charge is 0.505 e. The number of benzene rings is 2. The lowest BCUT2D eigenvalue weighted by atomic mass is 10.1. The van der Waals surface area contributed by atoms with Gasteiger partial charge in [0.25, 0.3) is 0 Å². The van der Waals surface area contributed by atoms with Gasteiger partial charge in [-0.15, -0.1) is 0 Å². The molecule has 0 saturated heterocycles. The van der Waals surface area contributed by atoms with Crippen molar-refractivity contribution in [1.29, 1.82) is 0 Å². The van der Waals surface area contributed by atoms with Gasteiger partial charge in [-0.05, 0) is 36.2 Å². The maximum atomic E-state index is 13.2. The Morgan fingerprint density at radius 1 is 1.26 bits per heavy atom. The van der Waals surface area contributed by atoms with E-state index in [1.807, 2.05) is 31.2 Å². The first-order valence-electron chi connectivity index (χ1n) is 6.03. The number of halogens is 2. The summed E-state index contributed by atoms with van der Waals surface area (Å²) in [6.45, 7) is 2.50. The summed E-state index contributed by atoms with van der Waals surface area (Å²) in [7, 11) is 0. The van der Waals surface area contributed by atoms with Crippen LogP contribution in [0.2, 0.25) is 5.02 Å². The number of nitrogens with one attached hydrogen (secondary N) is 1. The summed E-state index contributed by atoms with van der Waals surface area (Å²) < 4.78 is 13.2. The Bertz CT molecular complexity index is 574.